The molecule has 32 heavy (non-hydrogen) atoms. The summed E-state index contributed by atoms with van der Waals surface area (Å²) in [6.07, 6.45) is 8.01. The molecule has 2 aliphatic heterocycles. The van der Waals surface area contributed by atoms with Crippen LogP contribution in [0.25, 0.3) is 0 Å². The number of nitrogens with one attached hydrogen (secondary N) is 3. The molecule has 0 aliphatic carbocycles. The number of amides is 4. The van der Waals surface area contributed by atoms with Crippen LogP contribution in [0.1, 0.15) is 69.8 Å². The first-order valence-electron chi connectivity index (χ1n) is 11.8. The summed E-state index contributed by atoms with van der Waals surface area (Å²) in [5.41, 5.74) is 1.49. The van der Waals surface area contributed by atoms with Gasteiger partial charge in [-0.25, -0.2) is 0 Å². The van der Waals surface area contributed by atoms with Gasteiger partial charge in [-0.3, -0.25) is 19.2 Å². The quantitative estimate of drug-likeness (QED) is 0.574. The molecule has 1 unspecified atom stereocenters. The van der Waals surface area contributed by atoms with Crippen LogP contribution in [0.5, 0.6) is 0 Å². The monoisotopic (exact) mass is 442 g/mol. The number of fused-ring (bicyclic) bond motifs is 2. The minimum atomic E-state index is -0.486. The SMILES string of the molecule is O=C1CNC(=O)C2CCCN2C(=O)CCCCCCCCC(=O)Nc2ccccc2CN1. The average molecular weight is 443 g/mol. The lowest BCUT2D eigenvalue weighted by Crippen LogP contribution is -2.48. The van der Waals surface area contributed by atoms with E-state index < -0.39 is 6.04 Å². The van der Waals surface area contributed by atoms with Gasteiger partial charge in [-0.15, -0.1) is 0 Å². The zero-order valence-corrected chi connectivity index (χ0v) is 18.7. The van der Waals surface area contributed by atoms with Gasteiger partial charge in [0, 0.05) is 31.6 Å². The Morgan fingerprint density at radius 3 is 2.28 bits per heavy atom. The molecule has 3 N–H and O–H groups in total. The van der Waals surface area contributed by atoms with Crippen LogP contribution in [0.15, 0.2) is 24.3 Å². The topological polar surface area (TPSA) is 108 Å². The third kappa shape index (κ3) is 7.07. The van der Waals surface area contributed by atoms with Crippen LogP contribution in [0.3, 0.4) is 0 Å². The van der Waals surface area contributed by atoms with Crippen molar-refractivity contribution in [2.45, 2.75) is 76.8 Å². The van der Waals surface area contributed by atoms with Crippen LogP contribution in [0.2, 0.25) is 0 Å². The summed E-state index contributed by atoms with van der Waals surface area (Å²) in [5, 5.41) is 8.40. The first-order chi connectivity index (χ1) is 15.5. The highest BCUT2D eigenvalue weighted by Crippen LogP contribution is 2.20. The van der Waals surface area contributed by atoms with Crippen molar-refractivity contribution < 1.29 is 19.2 Å². The molecular weight excluding hydrogens is 408 g/mol. The number of nitrogens with zero attached hydrogens (tertiary/aromatic N) is 1. The summed E-state index contributed by atoms with van der Waals surface area (Å²) in [5.74, 6) is -0.606. The fourth-order valence-electron chi connectivity index (χ4n) is 4.30. The van der Waals surface area contributed by atoms with Crippen molar-refractivity contribution in [1.82, 2.24) is 15.5 Å². The Kier molecular flexibility index (Phi) is 9.07. The molecule has 0 radical (unpaired) electrons. The third-order valence-electron chi connectivity index (χ3n) is 6.11. The minimum absolute atomic E-state index is 0.0197. The molecule has 1 aromatic carbocycles. The van der Waals surface area contributed by atoms with Crippen molar-refractivity contribution in [2.24, 2.45) is 0 Å². The van der Waals surface area contributed by atoms with E-state index in [2.05, 4.69) is 16.0 Å². The van der Waals surface area contributed by atoms with Crippen molar-refractivity contribution in [2.75, 3.05) is 18.4 Å². The van der Waals surface area contributed by atoms with E-state index in [1.54, 1.807) is 4.90 Å². The molecule has 1 aromatic rings. The fourth-order valence-corrected chi connectivity index (χ4v) is 4.30. The Morgan fingerprint density at radius 2 is 1.47 bits per heavy atom. The molecule has 8 heteroatoms. The number of benzene rings is 1. The molecule has 1 atom stereocenters. The van der Waals surface area contributed by atoms with Gasteiger partial charge in [-0.2, -0.15) is 0 Å². The Bertz CT molecular complexity index is 826. The minimum Gasteiger partial charge on any atom is -0.350 e. The molecule has 3 rings (SSSR count). The smallest absolute Gasteiger partial charge is 0.243 e. The first-order valence-corrected chi connectivity index (χ1v) is 11.8. The molecule has 0 saturated carbocycles. The van der Waals surface area contributed by atoms with Gasteiger partial charge in [0.05, 0.1) is 6.54 Å². The Morgan fingerprint density at radius 1 is 0.750 bits per heavy atom. The van der Waals surface area contributed by atoms with Crippen molar-refractivity contribution in [3.8, 4) is 0 Å². The van der Waals surface area contributed by atoms with Crippen LogP contribution < -0.4 is 16.0 Å². The van der Waals surface area contributed by atoms with Crippen LogP contribution in [0.4, 0.5) is 5.69 Å². The summed E-state index contributed by atoms with van der Waals surface area (Å²) < 4.78 is 0. The van der Waals surface area contributed by atoms with Crippen LogP contribution in [-0.2, 0) is 25.7 Å². The highest BCUT2D eigenvalue weighted by atomic mass is 16.2. The standard InChI is InChI=1S/C24H34N4O4/c29-21-13-5-3-1-2-4-6-14-23(31)28-15-9-12-20(28)24(32)26-17-22(30)25-16-18-10-7-8-11-19(18)27-21/h7-8,10-11,20H,1-6,9,12-17H2,(H,25,30)(H,26,32)(H,27,29). The van der Waals surface area contributed by atoms with Gasteiger partial charge in [0.25, 0.3) is 0 Å². The van der Waals surface area contributed by atoms with Crippen LogP contribution in [0, 0.1) is 0 Å². The normalized spacial score (nSPS) is 22.6. The van der Waals surface area contributed by atoms with Gasteiger partial charge in [-0.05, 0) is 37.3 Å². The molecule has 174 valence electrons. The Labute approximate surface area is 189 Å². The van der Waals surface area contributed by atoms with Gasteiger partial charge in [0.2, 0.25) is 23.6 Å². The molecular formula is C24H34N4O4. The van der Waals surface area contributed by atoms with Gasteiger partial charge in [-0.1, -0.05) is 43.9 Å². The van der Waals surface area contributed by atoms with E-state index in [9.17, 15) is 19.2 Å². The second-order valence-corrected chi connectivity index (χ2v) is 8.57. The van der Waals surface area contributed by atoms with Crippen molar-refractivity contribution in [3.63, 3.8) is 0 Å². The molecule has 0 spiro atoms. The molecule has 4 amide bonds. The molecule has 8 nitrogen and oxygen atoms in total. The summed E-state index contributed by atoms with van der Waals surface area (Å²) in [4.78, 5) is 51.5. The maximum atomic E-state index is 12.6. The van der Waals surface area contributed by atoms with Gasteiger partial charge < -0.3 is 20.9 Å². The third-order valence-corrected chi connectivity index (χ3v) is 6.11. The number of para-hydroxylation sites is 1. The van der Waals surface area contributed by atoms with E-state index in [0.29, 0.717) is 31.5 Å². The van der Waals surface area contributed by atoms with Gasteiger partial charge in [0.15, 0.2) is 0 Å². The highest BCUT2D eigenvalue weighted by molar-refractivity contribution is 5.92. The Balaban J connectivity index is 1.63. The van der Waals surface area contributed by atoms with E-state index in [0.717, 1.165) is 50.5 Å². The number of rotatable bonds is 0. The van der Waals surface area contributed by atoms with Crippen molar-refractivity contribution >= 4 is 29.3 Å². The molecule has 1 saturated heterocycles. The van der Waals surface area contributed by atoms with Crippen LogP contribution in [-0.4, -0.2) is 47.7 Å². The number of hydrogen-bond acceptors (Lipinski definition) is 4. The van der Waals surface area contributed by atoms with E-state index in [4.69, 9.17) is 0 Å². The van der Waals surface area contributed by atoms with E-state index in [-0.39, 0.29) is 36.7 Å². The molecule has 2 aliphatic rings. The predicted octanol–water partition coefficient (Wildman–Crippen LogP) is 2.48. The zero-order valence-electron chi connectivity index (χ0n) is 18.7. The van der Waals surface area contributed by atoms with Gasteiger partial charge in [0.1, 0.15) is 6.04 Å². The second kappa shape index (κ2) is 12.2. The highest BCUT2D eigenvalue weighted by Gasteiger charge is 2.33. The summed E-state index contributed by atoms with van der Waals surface area (Å²) in [6.45, 7) is 0.700. The largest absolute Gasteiger partial charge is 0.350 e. The van der Waals surface area contributed by atoms with E-state index in [1.165, 1.54) is 0 Å². The Hall–Kier alpha value is -2.90. The lowest BCUT2D eigenvalue weighted by atomic mass is 10.1. The summed E-state index contributed by atoms with van der Waals surface area (Å²) in [6, 6.07) is 6.89. The van der Waals surface area contributed by atoms with Gasteiger partial charge >= 0.3 is 0 Å². The molecule has 2 heterocycles. The molecule has 0 aromatic heterocycles. The lowest BCUT2D eigenvalue weighted by Gasteiger charge is -2.24. The van der Waals surface area contributed by atoms with E-state index in [1.807, 2.05) is 24.3 Å². The zero-order chi connectivity index (χ0) is 22.8. The van der Waals surface area contributed by atoms with E-state index >= 15 is 0 Å². The molecule has 0 bridgehead atoms. The average Bonchev–Trinajstić information content (AvgIpc) is 3.28. The first kappa shape index (κ1) is 23.8. The predicted molar refractivity (Wildman–Crippen MR) is 122 cm³/mol. The number of anilines is 1. The van der Waals surface area contributed by atoms with Crippen molar-refractivity contribution in [1.29, 1.82) is 0 Å². The maximum Gasteiger partial charge on any atom is 0.243 e. The maximum absolute atomic E-state index is 12.6. The fraction of sp³-hybridized carbons (Fsp3) is 0.583. The number of hydrogen-bond donors (Lipinski definition) is 3. The number of carbonyl (C=O) groups excluding carboxylic acids is 4. The van der Waals surface area contributed by atoms with Crippen LogP contribution >= 0.6 is 0 Å². The number of carbonyl (C=O) groups is 4. The summed E-state index contributed by atoms with van der Waals surface area (Å²) in [7, 11) is 0. The lowest BCUT2D eigenvalue weighted by molar-refractivity contribution is -0.138. The van der Waals surface area contributed by atoms with Crippen molar-refractivity contribution in [3.05, 3.63) is 29.8 Å². The molecule has 1 fully saturated rings. The second-order valence-electron chi connectivity index (χ2n) is 8.57. The summed E-state index contributed by atoms with van der Waals surface area (Å²) >= 11 is 0.